The average Bonchev–Trinajstić information content (AvgIpc) is 2.72. The van der Waals surface area contributed by atoms with E-state index >= 15 is 0 Å². The van der Waals surface area contributed by atoms with Crippen molar-refractivity contribution in [1.29, 1.82) is 0 Å². The molecule has 3 rings (SSSR count). The van der Waals surface area contributed by atoms with Gasteiger partial charge in [-0.15, -0.1) is 0 Å². The van der Waals surface area contributed by atoms with E-state index in [0.29, 0.717) is 31.7 Å². The van der Waals surface area contributed by atoms with Crippen molar-refractivity contribution < 1.29 is 9.53 Å². The van der Waals surface area contributed by atoms with Crippen LogP contribution in [0.5, 0.6) is 0 Å². The molecule has 0 aromatic heterocycles. The lowest BCUT2D eigenvalue weighted by Crippen LogP contribution is -2.37. The van der Waals surface area contributed by atoms with Gasteiger partial charge in [0.1, 0.15) is 6.61 Å². The molecule has 0 saturated heterocycles. The highest BCUT2D eigenvalue weighted by Crippen LogP contribution is 2.29. The Labute approximate surface area is 168 Å². The number of nitrogens with one attached hydrogen (secondary N) is 1. The van der Waals surface area contributed by atoms with Gasteiger partial charge in [0.15, 0.2) is 0 Å². The highest BCUT2D eigenvalue weighted by Gasteiger charge is 2.25. The first kappa shape index (κ1) is 20.4. The Morgan fingerprint density at radius 2 is 1.93 bits per heavy atom. The zero-order valence-corrected chi connectivity index (χ0v) is 17.3. The second-order valence-corrected chi connectivity index (χ2v) is 7.96. The van der Waals surface area contributed by atoms with Crippen molar-refractivity contribution in [1.82, 2.24) is 10.2 Å². The molecule has 4 heteroatoms. The van der Waals surface area contributed by atoms with Crippen molar-refractivity contribution >= 4 is 6.09 Å². The lowest BCUT2D eigenvalue weighted by Gasteiger charge is -2.31. The number of hydrogen-bond donors (Lipinski definition) is 1. The molecule has 0 bridgehead atoms. The quantitative estimate of drug-likeness (QED) is 0.728. The lowest BCUT2D eigenvalue weighted by atomic mass is 9.90. The molecule has 0 radical (unpaired) electrons. The maximum atomic E-state index is 12.5. The molecule has 2 aromatic carbocycles. The molecule has 1 N–H and O–H groups in total. The molecule has 28 heavy (non-hydrogen) atoms. The van der Waals surface area contributed by atoms with Crippen LogP contribution in [0, 0.1) is 5.92 Å². The van der Waals surface area contributed by atoms with Crippen LogP contribution in [0.3, 0.4) is 0 Å². The van der Waals surface area contributed by atoms with Gasteiger partial charge in [0, 0.05) is 19.1 Å². The Morgan fingerprint density at radius 1 is 1.14 bits per heavy atom. The van der Waals surface area contributed by atoms with Gasteiger partial charge in [-0.3, -0.25) is 0 Å². The molecule has 1 unspecified atom stereocenters. The Hall–Kier alpha value is -2.33. The van der Waals surface area contributed by atoms with Gasteiger partial charge in [-0.05, 0) is 47.6 Å². The normalized spacial score (nSPS) is 14.6. The average molecular weight is 381 g/mol. The van der Waals surface area contributed by atoms with Crippen LogP contribution in [0.25, 0.3) is 0 Å². The van der Waals surface area contributed by atoms with E-state index in [2.05, 4.69) is 44.3 Å². The monoisotopic (exact) mass is 380 g/mol. The highest BCUT2D eigenvalue weighted by atomic mass is 16.6. The number of amides is 1. The van der Waals surface area contributed by atoms with Crippen molar-refractivity contribution in [2.45, 2.75) is 52.8 Å². The smallest absolute Gasteiger partial charge is 0.410 e. The van der Waals surface area contributed by atoms with Crippen LogP contribution in [-0.2, 0) is 24.3 Å². The first-order valence-electron chi connectivity index (χ1n) is 10.4. The van der Waals surface area contributed by atoms with Crippen molar-refractivity contribution in [3.63, 3.8) is 0 Å². The Balaban J connectivity index is 1.65. The Morgan fingerprint density at radius 3 is 2.64 bits per heavy atom. The molecule has 1 heterocycles. The molecule has 0 aliphatic carbocycles. The fourth-order valence-electron chi connectivity index (χ4n) is 3.78. The minimum Gasteiger partial charge on any atom is -0.445 e. The molecule has 1 atom stereocenters. The number of ether oxygens (including phenoxy) is 1. The molecule has 4 nitrogen and oxygen atoms in total. The van der Waals surface area contributed by atoms with Gasteiger partial charge in [0.25, 0.3) is 0 Å². The maximum Gasteiger partial charge on any atom is 0.410 e. The van der Waals surface area contributed by atoms with Crippen LogP contribution in [0.15, 0.2) is 48.5 Å². The third-order valence-electron chi connectivity index (χ3n) is 5.32. The summed E-state index contributed by atoms with van der Waals surface area (Å²) in [5.74, 6) is 0.628. The van der Waals surface area contributed by atoms with E-state index in [0.717, 1.165) is 24.9 Å². The van der Waals surface area contributed by atoms with E-state index in [1.54, 1.807) is 0 Å². The standard InChI is InChI=1S/C24H32N2O2/c1-4-23(25-15-18(2)3)22-12-8-11-20-16-26(14-13-21(20)22)24(27)28-17-19-9-6-5-7-10-19/h5-12,18,23,25H,4,13-17H2,1-3H3. The van der Waals surface area contributed by atoms with Gasteiger partial charge in [-0.1, -0.05) is 69.3 Å². The molecule has 0 spiro atoms. The predicted octanol–water partition coefficient (Wildman–Crippen LogP) is 5.08. The number of nitrogens with zero attached hydrogens (tertiary/aromatic N) is 1. The van der Waals surface area contributed by atoms with Crippen LogP contribution < -0.4 is 5.32 Å². The van der Waals surface area contributed by atoms with E-state index in [-0.39, 0.29) is 6.09 Å². The van der Waals surface area contributed by atoms with E-state index < -0.39 is 0 Å². The Bertz CT molecular complexity index is 773. The summed E-state index contributed by atoms with van der Waals surface area (Å²) >= 11 is 0. The molecular formula is C24H32N2O2. The number of hydrogen-bond acceptors (Lipinski definition) is 3. The molecule has 0 saturated carbocycles. The number of fused-ring (bicyclic) bond motifs is 1. The summed E-state index contributed by atoms with van der Waals surface area (Å²) in [7, 11) is 0. The topological polar surface area (TPSA) is 41.6 Å². The molecule has 1 aliphatic heterocycles. The molecule has 0 fully saturated rings. The van der Waals surface area contributed by atoms with Gasteiger partial charge in [0.2, 0.25) is 0 Å². The number of rotatable bonds is 7. The number of carbonyl (C=O) groups excluding carboxylic acids is 1. The second-order valence-electron chi connectivity index (χ2n) is 7.96. The molecule has 1 aliphatic rings. The minimum absolute atomic E-state index is 0.232. The van der Waals surface area contributed by atoms with Crippen molar-refractivity contribution in [3.8, 4) is 0 Å². The van der Waals surface area contributed by atoms with Gasteiger partial charge >= 0.3 is 6.09 Å². The number of benzene rings is 2. The first-order chi connectivity index (χ1) is 13.6. The van der Waals surface area contributed by atoms with Gasteiger partial charge in [-0.2, -0.15) is 0 Å². The second kappa shape index (κ2) is 9.74. The fraction of sp³-hybridized carbons (Fsp3) is 0.458. The molecular weight excluding hydrogens is 348 g/mol. The molecule has 2 aromatic rings. The maximum absolute atomic E-state index is 12.5. The third kappa shape index (κ3) is 5.14. The fourth-order valence-corrected chi connectivity index (χ4v) is 3.78. The van der Waals surface area contributed by atoms with Crippen LogP contribution in [0.4, 0.5) is 4.79 Å². The SMILES string of the molecule is CCC(NCC(C)C)c1cccc2c1CCN(C(=O)OCc1ccccc1)C2. The van der Waals surface area contributed by atoms with E-state index in [9.17, 15) is 4.79 Å². The summed E-state index contributed by atoms with van der Waals surface area (Å²) in [4.78, 5) is 14.3. The summed E-state index contributed by atoms with van der Waals surface area (Å²) in [5, 5.41) is 3.70. The Kier molecular flexibility index (Phi) is 7.10. The van der Waals surface area contributed by atoms with Gasteiger partial charge in [-0.25, -0.2) is 4.79 Å². The number of carbonyl (C=O) groups is 1. The minimum atomic E-state index is -0.232. The molecule has 1 amide bonds. The van der Waals surface area contributed by atoms with Crippen LogP contribution in [0.1, 0.15) is 55.5 Å². The van der Waals surface area contributed by atoms with Gasteiger partial charge in [0.05, 0.1) is 0 Å². The lowest BCUT2D eigenvalue weighted by molar-refractivity contribution is 0.0917. The summed E-state index contributed by atoms with van der Waals surface area (Å²) in [6.07, 6.45) is 1.71. The van der Waals surface area contributed by atoms with Crippen molar-refractivity contribution in [3.05, 3.63) is 70.8 Å². The molecule has 150 valence electrons. The summed E-state index contributed by atoms with van der Waals surface area (Å²) in [6, 6.07) is 16.7. The van der Waals surface area contributed by atoms with E-state index in [1.165, 1.54) is 16.7 Å². The summed E-state index contributed by atoms with van der Waals surface area (Å²) in [5.41, 5.74) is 5.04. The van der Waals surface area contributed by atoms with Crippen molar-refractivity contribution in [2.24, 2.45) is 5.92 Å². The van der Waals surface area contributed by atoms with Gasteiger partial charge < -0.3 is 15.0 Å². The summed E-state index contributed by atoms with van der Waals surface area (Å²) < 4.78 is 5.52. The highest BCUT2D eigenvalue weighted by molar-refractivity contribution is 5.68. The van der Waals surface area contributed by atoms with Crippen LogP contribution in [0.2, 0.25) is 0 Å². The summed E-state index contributed by atoms with van der Waals surface area (Å²) in [6.45, 7) is 9.36. The predicted molar refractivity (Wildman–Crippen MR) is 113 cm³/mol. The third-order valence-corrected chi connectivity index (χ3v) is 5.32. The largest absolute Gasteiger partial charge is 0.445 e. The zero-order valence-electron chi connectivity index (χ0n) is 17.3. The van der Waals surface area contributed by atoms with Crippen LogP contribution >= 0.6 is 0 Å². The van der Waals surface area contributed by atoms with E-state index in [1.807, 2.05) is 35.2 Å². The van der Waals surface area contributed by atoms with Crippen molar-refractivity contribution in [2.75, 3.05) is 13.1 Å². The zero-order chi connectivity index (χ0) is 19.9. The van der Waals surface area contributed by atoms with E-state index in [4.69, 9.17) is 4.74 Å². The first-order valence-corrected chi connectivity index (χ1v) is 10.4. The van der Waals surface area contributed by atoms with Crippen LogP contribution in [-0.4, -0.2) is 24.1 Å².